The highest BCUT2D eigenvalue weighted by Gasteiger charge is 2.24. The summed E-state index contributed by atoms with van der Waals surface area (Å²) in [6.45, 7) is 4.96. The summed E-state index contributed by atoms with van der Waals surface area (Å²) >= 11 is 0. The number of rotatable bonds is 5. The minimum absolute atomic E-state index is 0.0268. The lowest BCUT2D eigenvalue weighted by molar-refractivity contribution is -0.119. The zero-order chi connectivity index (χ0) is 22.7. The number of ether oxygens (including phenoxy) is 1. The average Bonchev–Trinajstić information content (AvgIpc) is 2.79. The molecule has 8 heteroatoms. The van der Waals surface area contributed by atoms with Crippen molar-refractivity contribution in [2.24, 2.45) is 0 Å². The van der Waals surface area contributed by atoms with E-state index >= 15 is 0 Å². The van der Waals surface area contributed by atoms with Crippen LogP contribution in [-0.2, 0) is 4.79 Å². The van der Waals surface area contributed by atoms with Crippen molar-refractivity contribution < 1.29 is 9.53 Å². The Morgan fingerprint density at radius 3 is 2.84 bits per heavy atom. The lowest BCUT2D eigenvalue weighted by Gasteiger charge is -2.34. The molecule has 164 valence electrons. The number of benzene rings is 2. The Hall–Kier alpha value is -3.86. The molecule has 1 aliphatic rings. The maximum absolute atomic E-state index is 11.6. The van der Waals surface area contributed by atoms with Gasteiger partial charge in [0.05, 0.1) is 24.3 Å². The molecule has 32 heavy (non-hydrogen) atoms. The topological polar surface area (TPSA) is 103 Å². The number of carbonyl (C=O) groups is 1. The van der Waals surface area contributed by atoms with E-state index in [1.165, 1.54) is 0 Å². The van der Waals surface area contributed by atoms with Gasteiger partial charge in [0.25, 0.3) is 0 Å². The molecule has 0 spiro atoms. The number of methoxy groups -OCH3 is 1. The fourth-order valence-corrected chi connectivity index (χ4v) is 4.04. The predicted molar refractivity (Wildman–Crippen MR) is 124 cm³/mol. The van der Waals surface area contributed by atoms with Crippen LogP contribution >= 0.6 is 0 Å². The summed E-state index contributed by atoms with van der Waals surface area (Å²) in [6.07, 6.45) is 1.89. The van der Waals surface area contributed by atoms with E-state index in [2.05, 4.69) is 26.6 Å². The summed E-state index contributed by atoms with van der Waals surface area (Å²) in [4.78, 5) is 23.3. The van der Waals surface area contributed by atoms with Crippen LogP contribution in [-0.4, -0.2) is 42.1 Å². The van der Waals surface area contributed by atoms with Gasteiger partial charge in [-0.15, -0.1) is 0 Å². The first kappa shape index (κ1) is 21.4. The number of piperidine rings is 1. The molecule has 1 saturated heterocycles. The summed E-state index contributed by atoms with van der Waals surface area (Å²) in [5.74, 6) is 1.95. The van der Waals surface area contributed by atoms with Gasteiger partial charge in [-0.3, -0.25) is 4.79 Å². The smallest absolute Gasteiger partial charge is 0.229 e. The van der Waals surface area contributed by atoms with Gasteiger partial charge in [-0.05, 0) is 55.7 Å². The predicted octanol–water partition coefficient (Wildman–Crippen LogP) is 3.67. The molecule has 2 aromatic carbocycles. The minimum Gasteiger partial charge on any atom is -0.497 e. The first-order valence-corrected chi connectivity index (χ1v) is 10.6. The zero-order valence-electron chi connectivity index (χ0n) is 18.5. The molecular weight excluding hydrogens is 404 g/mol. The molecule has 2 heterocycles. The molecule has 1 fully saturated rings. The normalized spacial score (nSPS) is 15.8. The molecule has 1 atom stereocenters. The van der Waals surface area contributed by atoms with E-state index in [1.54, 1.807) is 20.1 Å². The molecule has 0 radical (unpaired) electrons. The fraction of sp³-hybridized carbons (Fsp3) is 0.333. The molecule has 1 amide bonds. The number of fused-ring (bicyclic) bond motifs is 1. The molecular formula is C24H26N6O2. The van der Waals surface area contributed by atoms with Crippen LogP contribution in [0.2, 0.25) is 0 Å². The molecule has 3 aromatic rings. The van der Waals surface area contributed by atoms with E-state index < -0.39 is 0 Å². The van der Waals surface area contributed by atoms with Gasteiger partial charge >= 0.3 is 0 Å². The lowest BCUT2D eigenvalue weighted by atomic mass is 10.0. The number of anilines is 3. The second-order valence-electron chi connectivity index (χ2n) is 8.01. The van der Waals surface area contributed by atoms with E-state index in [1.807, 2.05) is 37.3 Å². The van der Waals surface area contributed by atoms with Crippen LogP contribution in [0.5, 0.6) is 5.75 Å². The third kappa shape index (κ3) is 4.57. The Labute approximate surface area is 187 Å². The fourth-order valence-electron chi connectivity index (χ4n) is 4.04. The molecule has 8 nitrogen and oxygen atoms in total. The lowest BCUT2D eigenvalue weighted by Crippen LogP contribution is -2.47. The second-order valence-corrected chi connectivity index (χ2v) is 8.01. The average molecular weight is 431 g/mol. The number of aryl methyl sites for hydroxylation is 1. The van der Waals surface area contributed by atoms with Crippen molar-refractivity contribution in [2.75, 3.05) is 30.4 Å². The first-order chi connectivity index (χ1) is 15.5. The maximum atomic E-state index is 11.6. The van der Waals surface area contributed by atoms with Crippen molar-refractivity contribution in [1.29, 1.82) is 5.26 Å². The SMILES string of the molecule is COc1ccc2nc(Nc3ccc(C)c(C#N)c3)nc(N3CCC[C@@H](NC(C)=O)C3)c2c1. The number of amides is 1. The highest BCUT2D eigenvalue weighted by molar-refractivity contribution is 5.92. The van der Waals surface area contributed by atoms with E-state index in [0.29, 0.717) is 18.1 Å². The van der Waals surface area contributed by atoms with Gasteiger partial charge in [-0.1, -0.05) is 6.07 Å². The van der Waals surface area contributed by atoms with Crippen LogP contribution in [0, 0.1) is 18.3 Å². The molecule has 0 aliphatic carbocycles. The number of nitrogens with zero attached hydrogens (tertiary/aromatic N) is 4. The summed E-state index contributed by atoms with van der Waals surface area (Å²) < 4.78 is 5.42. The highest BCUT2D eigenvalue weighted by atomic mass is 16.5. The van der Waals surface area contributed by atoms with E-state index in [-0.39, 0.29) is 11.9 Å². The number of carbonyl (C=O) groups excluding carboxylic acids is 1. The van der Waals surface area contributed by atoms with Crippen molar-refractivity contribution in [3.63, 3.8) is 0 Å². The van der Waals surface area contributed by atoms with Crippen molar-refractivity contribution in [1.82, 2.24) is 15.3 Å². The first-order valence-electron chi connectivity index (χ1n) is 10.6. The van der Waals surface area contributed by atoms with Crippen LogP contribution in [0.3, 0.4) is 0 Å². The Bertz CT molecular complexity index is 1200. The van der Waals surface area contributed by atoms with E-state index in [0.717, 1.165) is 53.1 Å². The van der Waals surface area contributed by atoms with Crippen molar-refractivity contribution in [2.45, 2.75) is 32.7 Å². The molecule has 0 bridgehead atoms. The molecule has 4 rings (SSSR count). The molecule has 1 aromatic heterocycles. The molecule has 0 saturated carbocycles. The van der Waals surface area contributed by atoms with Crippen molar-refractivity contribution in [3.05, 3.63) is 47.5 Å². The Morgan fingerprint density at radius 1 is 1.25 bits per heavy atom. The van der Waals surface area contributed by atoms with Gasteiger partial charge in [0.15, 0.2) is 0 Å². The van der Waals surface area contributed by atoms with Crippen molar-refractivity contribution in [3.8, 4) is 11.8 Å². The van der Waals surface area contributed by atoms with Gasteiger partial charge in [-0.25, -0.2) is 4.98 Å². The van der Waals surface area contributed by atoms with Crippen LogP contribution in [0.4, 0.5) is 17.5 Å². The van der Waals surface area contributed by atoms with Crippen LogP contribution in [0.1, 0.15) is 30.9 Å². The number of nitriles is 1. The monoisotopic (exact) mass is 430 g/mol. The zero-order valence-corrected chi connectivity index (χ0v) is 18.5. The quantitative estimate of drug-likeness (QED) is 0.637. The number of hydrogen-bond donors (Lipinski definition) is 2. The number of hydrogen-bond acceptors (Lipinski definition) is 7. The summed E-state index contributed by atoms with van der Waals surface area (Å²) in [6, 6.07) is 13.6. The van der Waals surface area contributed by atoms with Gasteiger partial charge < -0.3 is 20.3 Å². The number of aromatic nitrogens is 2. The van der Waals surface area contributed by atoms with Gasteiger partial charge in [-0.2, -0.15) is 10.2 Å². The largest absolute Gasteiger partial charge is 0.497 e. The highest BCUT2D eigenvalue weighted by Crippen LogP contribution is 2.31. The van der Waals surface area contributed by atoms with Gasteiger partial charge in [0.2, 0.25) is 11.9 Å². The maximum Gasteiger partial charge on any atom is 0.229 e. The van der Waals surface area contributed by atoms with E-state index in [4.69, 9.17) is 9.72 Å². The third-order valence-corrected chi connectivity index (χ3v) is 5.63. The molecule has 0 unspecified atom stereocenters. The van der Waals surface area contributed by atoms with Crippen LogP contribution < -0.4 is 20.3 Å². The summed E-state index contributed by atoms with van der Waals surface area (Å²) in [5.41, 5.74) is 3.06. The third-order valence-electron chi connectivity index (χ3n) is 5.63. The van der Waals surface area contributed by atoms with Gasteiger partial charge in [0, 0.05) is 37.1 Å². The van der Waals surface area contributed by atoms with Crippen LogP contribution in [0.25, 0.3) is 10.9 Å². The van der Waals surface area contributed by atoms with Crippen LogP contribution in [0.15, 0.2) is 36.4 Å². The Kier molecular flexibility index (Phi) is 6.08. The minimum atomic E-state index is -0.0268. The van der Waals surface area contributed by atoms with Crippen molar-refractivity contribution >= 4 is 34.3 Å². The standard InChI is InChI=1S/C24H26N6O2/c1-15-6-7-18(11-17(15)13-25)27-24-28-22-9-8-20(32-3)12-21(22)23(29-24)30-10-4-5-19(14-30)26-16(2)31/h6-9,11-12,19H,4-5,10,14H2,1-3H3,(H,26,31)(H,27,28,29)/t19-/m1/s1. The summed E-state index contributed by atoms with van der Waals surface area (Å²) in [5, 5.41) is 16.5. The summed E-state index contributed by atoms with van der Waals surface area (Å²) in [7, 11) is 1.63. The van der Waals surface area contributed by atoms with Gasteiger partial charge in [0.1, 0.15) is 11.6 Å². The number of nitrogens with one attached hydrogen (secondary N) is 2. The second kappa shape index (κ2) is 9.10. The van der Waals surface area contributed by atoms with E-state index in [9.17, 15) is 10.1 Å². The Morgan fingerprint density at radius 2 is 2.09 bits per heavy atom. The molecule has 1 aliphatic heterocycles. The molecule has 2 N–H and O–H groups in total. The Balaban J connectivity index is 1.74.